The molecular formula is C14H20ClNO2S. The van der Waals surface area contributed by atoms with Crippen molar-refractivity contribution in [3.8, 4) is 11.5 Å². The molecule has 1 saturated carbocycles. The first-order chi connectivity index (χ1) is 9.14. The summed E-state index contributed by atoms with van der Waals surface area (Å²) >= 11 is 8.14. The molecule has 1 aliphatic rings. The Morgan fingerprint density at radius 1 is 1.32 bits per heavy atom. The summed E-state index contributed by atoms with van der Waals surface area (Å²) in [5, 5.41) is 4.08. The van der Waals surface area contributed by atoms with Crippen molar-refractivity contribution in [2.24, 2.45) is 0 Å². The Kier molecular flexibility index (Phi) is 4.87. The summed E-state index contributed by atoms with van der Waals surface area (Å²) in [7, 11) is 3.22. The van der Waals surface area contributed by atoms with Crippen molar-refractivity contribution >= 4 is 23.4 Å². The predicted octanol–water partition coefficient (Wildman–Crippen LogP) is 3.34. The zero-order valence-electron chi connectivity index (χ0n) is 11.6. The van der Waals surface area contributed by atoms with Gasteiger partial charge in [-0.1, -0.05) is 11.6 Å². The topological polar surface area (TPSA) is 30.5 Å². The first kappa shape index (κ1) is 14.8. The minimum Gasteiger partial charge on any atom is -0.493 e. The highest BCUT2D eigenvalue weighted by Crippen LogP contribution is 2.46. The van der Waals surface area contributed by atoms with E-state index in [0.717, 1.165) is 18.7 Å². The van der Waals surface area contributed by atoms with Crippen molar-refractivity contribution in [1.82, 2.24) is 5.32 Å². The summed E-state index contributed by atoms with van der Waals surface area (Å²) in [5.74, 6) is 1.27. The molecule has 0 atom stereocenters. The summed E-state index contributed by atoms with van der Waals surface area (Å²) < 4.78 is 11.0. The van der Waals surface area contributed by atoms with Crippen molar-refractivity contribution in [2.45, 2.75) is 24.1 Å². The van der Waals surface area contributed by atoms with Crippen LogP contribution in [0.25, 0.3) is 0 Å². The van der Waals surface area contributed by atoms with Gasteiger partial charge in [0.15, 0.2) is 11.5 Å². The Labute approximate surface area is 124 Å². The second kappa shape index (κ2) is 6.25. The Bertz CT molecular complexity index is 449. The highest BCUT2D eigenvalue weighted by atomic mass is 35.5. The monoisotopic (exact) mass is 301 g/mol. The van der Waals surface area contributed by atoms with E-state index in [1.165, 1.54) is 12.8 Å². The van der Waals surface area contributed by atoms with Gasteiger partial charge in [0.1, 0.15) is 0 Å². The number of methoxy groups -OCH3 is 2. The van der Waals surface area contributed by atoms with Crippen LogP contribution < -0.4 is 14.8 Å². The third kappa shape index (κ3) is 3.50. The van der Waals surface area contributed by atoms with Crippen molar-refractivity contribution in [3.05, 3.63) is 22.7 Å². The molecule has 1 fully saturated rings. The van der Waals surface area contributed by atoms with E-state index in [1.807, 2.05) is 23.9 Å². The van der Waals surface area contributed by atoms with Gasteiger partial charge in [-0.25, -0.2) is 0 Å². The molecule has 0 aromatic heterocycles. The number of hydrogen-bond acceptors (Lipinski definition) is 4. The average molecular weight is 302 g/mol. The molecular weight excluding hydrogens is 282 g/mol. The van der Waals surface area contributed by atoms with Gasteiger partial charge in [0.05, 0.1) is 19.2 Å². The van der Waals surface area contributed by atoms with Crippen LogP contribution in [0.1, 0.15) is 18.4 Å². The van der Waals surface area contributed by atoms with E-state index in [4.69, 9.17) is 21.1 Å². The van der Waals surface area contributed by atoms with E-state index in [1.54, 1.807) is 14.2 Å². The number of thioether (sulfide) groups is 1. The molecule has 1 aliphatic carbocycles. The van der Waals surface area contributed by atoms with Crippen LogP contribution in [0.2, 0.25) is 5.02 Å². The van der Waals surface area contributed by atoms with Crippen molar-refractivity contribution in [3.63, 3.8) is 0 Å². The predicted molar refractivity (Wildman–Crippen MR) is 81.7 cm³/mol. The second-order valence-corrected chi connectivity index (χ2v) is 6.49. The molecule has 0 unspecified atom stereocenters. The molecule has 0 aliphatic heterocycles. The second-order valence-electron chi connectivity index (χ2n) is 4.80. The number of benzene rings is 1. The number of rotatable bonds is 7. The quantitative estimate of drug-likeness (QED) is 0.837. The SMILES string of the molecule is COc1cc(CNCC2(SC)CC2)cc(Cl)c1OC. The molecule has 1 N–H and O–H groups in total. The summed E-state index contributed by atoms with van der Waals surface area (Å²) in [6.07, 6.45) is 4.81. The van der Waals surface area contributed by atoms with E-state index in [2.05, 4.69) is 11.6 Å². The van der Waals surface area contributed by atoms with Gasteiger partial charge in [0.2, 0.25) is 0 Å². The lowest BCUT2D eigenvalue weighted by molar-refractivity contribution is 0.354. The minimum atomic E-state index is 0.473. The van der Waals surface area contributed by atoms with Crippen molar-refractivity contribution in [2.75, 3.05) is 27.0 Å². The maximum atomic E-state index is 6.19. The third-order valence-corrected chi connectivity index (χ3v) is 5.21. The molecule has 2 rings (SSSR count). The van der Waals surface area contributed by atoms with Crippen LogP contribution in [0.15, 0.2) is 12.1 Å². The van der Waals surface area contributed by atoms with Crippen LogP contribution in [0.5, 0.6) is 11.5 Å². The Morgan fingerprint density at radius 3 is 2.58 bits per heavy atom. The fraction of sp³-hybridized carbons (Fsp3) is 0.571. The van der Waals surface area contributed by atoms with Crippen LogP contribution in [-0.4, -0.2) is 31.8 Å². The molecule has 3 nitrogen and oxygen atoms in total. The smallest absolute Gasteiger partial charge is 0.179 e. The zero-order chi connectivity index (χ0) is 13.9. The summed E-state index contributed by atoms with van der Waals surface area (Å²) in [6.45, 7) is 1.84. The highest BCUT2D eigenvalue weighted by molar-refractivity contribution is 8.00. The van der Waals surface area contributed by atoms with Gasteiger partial charge in [0, 0.05) is 17.8 Å². The standard InChI is InChI=1S/C14H20ClNO2S/c1-17-12-7-10(6-11(15)13(12)18-2)8-16-9-14(19-3)4-5-14/h6-7,16H,4-5,8-9H2,1-3H3. The molecule has 0 bridgehead atoms. The largest absolute Gasteiger partial charge is 0.493 e. The highest BCUT2D eigenvalue weighted by Gasteiger charge is 2.41. The molecule has 0 saturated heterocycles. The van der Waals surface area contributed by atoms with Crippen LogP contribution in [0.3, 0.4) is 0 Å². The summed E-state index contributed by atoms with van der Waals surface area (Å²) in [4.78, 5) is 0. The Morgan fingerprint density at radius 2 is 2.05 bits per heavy atom. The molecule has 0 radical (unpaired) electrons. The Hall–Kier alpha value is -0.580. The van der Waals surface area contributed by atoms with E-state index in [0.29, 0.717) is 21.3 Å². The molecule has 106 valence electrons. The number of ether oxygens (including phenoxy) is 2. The van der Waals surface area contributed by atoms with Gasteiger partial charge in [-0.15, -0.1) is 0 Å². The molecule has 0 spiro atoms. The van der Waals surface area contributed by atoms with E-state index in [-0.39, 0.29) is 0 Å². The van der Waals surface area contributed by atoms with Crippen molar-refractivity contribution in [1.29, 1.82) is 0 Å². The van der Waals surface area contributed by atoms with Crippen LogP contribution >= 0.6 is 23.4 Å². The van der Waals surface area contributed by atoms with E-state index in [9.17, 15) is 0 Å². The molecule has 0 heterocycles. The van der Waals surface area contributed by atoms with Gasteiger partial charge in [-0.05, 0) is 36.8 Å². The maximum absolute atomic E-state index is 6.19. The lowest BCUT2D eigenvalue weighted by Gasteiger charge is -2.15. The normalized spacial score (nSPS) is 16.2. The molecule has 1 aromatic rings. The zero-order valence-corrected chi connectivity index (χ0v) is 13.2. The van der Waals surface area contributed by atoms with Gasteiger partial charge in [-0.2, -0.15) is 11.8 Å². The van der Waals surface area contributed by atoms with E-state index >= 15 is 0 Å². The van der Waals surface area contributed by atoms with Gasteiger partial charge >= 0.3 is 0 Å². The minimum absolute atomic E-state index is 0.473. The van der Waals surface area contributed by atoms with E-state index < -0.39 is 0 Å². The lowest BCUT2D eigenvalue weighted by Crippen LogP contribution is -2.25. The molecule has 1 aromatic carbocycles. The van der Waals surface area contributed by atoms with Crippen LogP contribution in [0, 0.1) is 0 Å². The summed E-state index contributed by atoms with van der Waals surface area (Å²) in [6, 6.07) is 3.89. The third-order valence-electron chi connectivity index (χ3n) is 3.51. The average Bonchev–Trinajstić information content (AvgIpc) is 3.18. The van der Waals surface area contributed by atoms with Gasteiger partial charge < -0.3 is 14.8 Å². The van der Waals surface area contributed by atoms with Gasteiger partial charge in [0.25, 0.3) is 0 Å². The first-order valence-corrected chi connectivity index (χ1v) is 7.90. The van der Waals surface area contributed by atoms with Gasteiger partial charge in [-0.3, -0.25) is 0 Å². The maximum Gasteiger partial charge on any atom is 0.179 e. The van der Waals surface area contributed by atoms with Crippen molar-refractivity contribution < 1.29 is 9.47 Å². The number of hydrogen-bond donors (Lipinski definition) is 1. The molecule has 5 heteroatoms. The fourth-order valence-electron chi connectivity index (χ4n) is 2.10. The first-order valence-electron chi connectivity index (χ1n) is 6.30. The molecule has 19 heavy (non-hydrogen) atoms. The summed E-state index contributed by atoms with van der Waals surface area (Å²) in [5.41, 5.74) is 1.11. The number of nitrogens with one attached hydrogen (secondary N) is 1. The number of halogens is 1. The fourth-order valence-corrected chi connectivity index (χ4v) is 3.17. The Balaban J connectivity index is 1.98. The van der Waals surface area contributed by atoms with Crippen LogP contribution in [-0.2, 0) is 6.54 Å². The lowest BCUT2D eigenvalue weighted by atomic mass is 10.2. The molecule has 0 amide bonds. The van der Waals surface area contributed by atoms with Crippen LogP contribution in [0.4, 0.5) is 0 Å².